The molecule has 0 amide bonds. The Hall–Kier alpha value is -0.830. The normalized spacial score (nSPS) is 30.6. The minimum atomic E-state index is -0.264. The molecule has 2 aliphatic rings. The molecule has 1 saturated heterocycles. The van der Waals surface area contributed by atoms with E-state index < -0.39 is 0 Å². The van der Waals surface area contributed by atoms with Gasteiger partial charge in [0.2, 0.25) is 0 Å². The molecule has 3 nitrogen and oxygen atoms in total. The maximum absolute atomic E-state index is 11.1. The van der Waals surface area contributed by atoms with Gasteiger partial charge in [-0.2, -0.15) is 0 Å². The van der Waals surface area contributed by atoms with E-state index in [0.29, 0.717) is 18.6 Å². The SMILES string of the molecule is CCOC(=O)/C=C/C1OC1C1CCCCC1. The van der Waals surface area contributed by atoms with Crippen molar-refractivity contribution in [2.45, 2.75) is 51.2 Å². The van der Waals surface area contributed by atoms with E-state index in [1.165, 1.54) is 38.2 Å². The number of epoxide rings is 1. The van der Waals surface area contributed by atoms with E-state index in [2.05, 4.69) is 0 Å². The van der Waals surface area contributed by atoms with Crippen LogP contribution < -0.4 is 0 Å². The summed E-state index contributed by atoms with van der Waals surface area (Å²) < 4.78 is 10.4. The Morgan fingerprint density at radius 2 is 2.12 bits per heavy atom. The second-order valence-corrected chi connectivity index (χ2v) is 4.57. The second-order valence-electron chi connectivity index (χ2n) is 4.57. The lowest BCUT2D eigenvalue weighted by Crippen LogP contribution is -2.14. The van der Waals surface area contributed by atoms with Crippen LogP contribution in [-0.4, -0.2) is 24.8 Å². The molecule has 0 bridgehead atoms. The fourth-order valence-electron chi connectivity index (χ4n) is 2.50. The lowest BCUT2D eigenvalue weighted by molar-refractivity contribution is -0.137. The summed E-state index contributed by atoms with van der Waals surface area (Å²) in [5.41, 5.74) is 0. The van der Waals surface area contributed by atoms with Crippen LogP contribution in [0.4, 0.5) is 0 Å². The highest BCUT2D eigenvalue weighted by Gasteiger charge is 2.42. The lowest BCUT2D eigenvalue weighted by Gasteiger charge is -2.19. The standard InChI is InChI=1S/C13H20O3/c1-2-15-12(14)9-8-11-13(16-11)10-6-4-3-5-7-10/h8-11,13H,2-7H2,1H3/b9-8+. The first-order valence-corrected chi connectivity index (χ1v) is 6.31. The van der Waals surface area contributed by atoms with Crippen LogP contribution in [0, 0.1) is 5.92 Å². The highest BCUT2D eigenvalue weighted by atomic mass is 16.6. The summed E-state index contributed by atoms with van der Waals surface area (Å²) in [6.45, 7) is 2.24. The number of hydrogen-bond acceptors (Lipinski definition) is 3. The highest BCUT2D eigenvalue weighted by Crippen LogP contribution is 2.38. The first-order chi connectivity index (χ1) is 7.81. The van der Waals surface area contributed by atoms with Gasteiger partial charge in [0.15, 0.2) is 0 Å². The van der Waals surface area contributed by atoms with Crippen molar-refractivity contribution in [3.8, 4) is 0 Å². The predicted molar refractivity (Wildman–Crippen MR) is 61.0 cm³/mol. The Bertz CT molecular complexity index is 266. The molecular weight excluding hydrogens is 204 g/mol. The average molecular weight is 224 g/mol. The number of esters is 1. The van der Waals surface area contributed by atoms with E-state index >= 15 is 0 Å². The van der Waals surface area contributed by atoms with Gasteiger partial charge in [-0.3, -0.25) is 0 Å². The van der Waals surface area contributed by atoms with Crippen LogP contribution in [-0.2, 0) is 14.3 Å². The molecule has 0 aromatic heterocycles. The van der Waals surface area contributed by atoms with Crippen LogP contribution in [0.25, 0.3) is 0 Å². The Balaban J connectivity index is 1.71. The monoisotopic (exact) mass is 224 g/mol. The van der Waals surface area contributed by atoms with Crippen molar-refractivity contribution >= 4 is 5.97 Å². The van der Waals surface area contributed by atoms with Gasteiger partial charge < -0.3 is 9.47 Å². The molecule has 16 heavy (non-hydrogen) atoms. The minimum Gasteiger partial charge on any atom is -0.463 e. The van der Waals surface area contributed by atoms with E-state index in [1.54, 1.807) is 0 Å². The van der Waals surface area contributed by atoms with Gasteiger partial charge in [-0.05, 0) is 31.8 Å². The molecular formula is C13H20O3. The molecule has 1 heterocycles. The minimum absolute atomic E-state index is 0.160. The Kier molecular flexibility index (Phi) is 3.99. The topological polar surface area (TPSA) is 38.8 Å². The molecule has 0 aromatic rings. The molecule has 90 valence electrons. The van der Waals surface area contributed by atoms with Crippen LogP contribution in [0.3, 0.4) is 0 Å². The van der Waals surface area contributed by atoms with Crippen LogP contribution in [0.15, 0.2) is 12.2 Å². The Labute approximate surface area is 96.8 Å². The van der Waals surface area contributed by atoms with E-state index in [9.17, 15) is 4.79 Å². The number of carbonyl (C=O) groups excluding carboxylic acids is 1. The van der Waals surface area contributed by atoms with Gasteiger partial charge in [0.25, 0.3) is 0 Å². The van der Waals surface area contributed by atoms with E-state index in [1.807, 2.05) is 13.0 Å². The molecule has 1 aliphatic heterocycles. The van der Waals surface area contributed by atoms with Gasteiger partial charge in [0, 0.05) is 6.08 Å². The second kappa shape index (κ2) is 5.48. The van der Waals surface area contributed by atoms with Gasteiger partial charge in [0.05, 0.1) is 12.7 Å². The molecule has 0 radical (unpaired) electrons. The van der Waals surface area contributed by atoms with Crippen molar-refractivity contribution in [3.63, 3.8) is 0 Å². The number of hydrogen-bond donors (Lipinski definition) is 0. The van der Waals surface area contributed by atoms with Crippen LogP contribution in [0.5, 0.6) is 0 Å². The van der Waals surface area contributed by atoms with E-state index in [-0.39, 0.29) is 12.1 Å². The summed E-state index contributed by atoms with van der Waals surface area (Å²) in [6, 6.07) is 0. The fraction of sp³-hybridized carbons (Fsp3) is 0.769. The van der Waals surface area contributed by atoms with Gasteiger partial charge >= 0.3 is 5.97 Å². The zero-order chi connectivity index (χ0) is 11.4. The zero-order valence-electron chi connectivity index (χ0n) is 9.85. The van der Waals surface area contributed by atoms with Crippen molar-refractivity contribution in [1.82, 2.24) is 0 Å². The molecule has 0 aromatic carbocycles. The van der Waals surface area contributed by atoms with Crippen molar-refractivity contribution in [1.29, 1.82) is 0 Å². The summed E-state index contributed by atoms with van der Waals surface area (Å²) in [5.74, 6) is 0.450. The molecule has 2 unspecified atom stereocenters. The maximum Gasteiger partial charge on any atom is 0.330 e. The first kappa shape index (κ1) is 11.6. The maximum atomic E-state index is 11.1. The lowest BCUT2D eigenvalue weighted by atomic mass is 9.86. The molecule has 2 fully saturated rings. The smallest absolute Gasteiger partial charge is 0.330 e. The third-order valence-corrected chi connectivity index (χ3v) is 3.38. The largest absolute Gasteiger partial charge is 0.463 e. The van der Waals surface area contributed by atoms with Crippen LogP contribution in [0.2, 0.25) is 0 Å². The molecule has 0 spiro atoms. The quantitative estimate of drug-likeness (QED) is 0.418. The predicted octanol–water partition coefficient (Wildman–Crippen LogP) is 2.45. The molecule has 1 aliphatic carbocycles. The van der Waals surface area contributed by atoms with Gasteiger partial charge in [-0.15, -0.1) is 0 Å². The molecule has 2 atom stereocenters. The van der Waals surface area contributed by atoms with Gasteiger partial charge in [-0.25, -0.2) is 4.79 Å². The van der Waals surface area contributed by atoms with Crippen LogP contribution >= 0.6 is 0 Å². The summed E-state index contributed by atoms with van der Waals surface area (Å²) in [4.78, 5) is 11.1. The van der Waals surface area contributed by atoms with Crippen molar-refractivity contribution in [3.05, 3.63) is 12.2 Å². The number of carbonyl (C=O) groups is 1. The van der Waals surface area contributed by atoms with Gasteiger partial charge in [0.1, 0.15) is 6.10 Å². The first-order valence-electron chi connectivity index (χ1n) is 6.31. The average Bonchev–Trinajstić information content (AvgIpc) is 3.07. The number of ether oxygens (including phenoxy) is 2. The summed E-state index contributed by atoms with van der Waals surface area (Å²) in [7, 11) is 0. The zero-order valence-corrected chi connectivity index (χ0v) is 9.85. The molecule has 3 heteroatoms. The van der Waals surface area contributed by atoms with E-state index in [4.69, 9.17) is 9.47 Å². The summed E-state index contributed by atoms with van der Waals surface area (Å²) in [5, 5.41) is 0. The third-order valence-electron chi connectivity index (χ3n) is 3.38. The number of rotatable bonds is 4. The molecule has 0 N–H and O–H groups in total. The third kappa shape index (κ3) is 3.08. The van der Waals surface area contributed by atoms with Crippen molar-refractivity contribution < 1.29 is 14.3 Å². The fourth-order valence-corrected chi connectivity index (χ4v) is 2.50. The Morgan fingerprint density at radius 1 is 1.38 bits per heavy atom. The van der Waals surface area contributed by atoms with Crippen LogP contribution in [0.1, 0.15) is 39.0 Å². The van der Waals surface area contributed by atoms with Crippen molar-refractivity contribution in [2.75, 3.05) is 6.61 Å². The van der Waals surface area contributed by atoms with Crippen molar-refractivity contribution in [2.24, 2.45) is 5.92 Å². The Morgan fingerprint density at radius 3 is 2.81 bits per heavy atom. The highest BCUT2D eigenvalue weighted by molar-refractivity contribution is 5.82. The summed E-state index contributed by atoms with van der Waals surface area (Å²) >= 11 is 0. The molecule has 1 saturated carbocycles. The summed E-state index contributed by atoms with van der Waals surface area (Å²) in [6.07, 6.45) is 10.5. The molecule has 2 rings (SSSR count). The van der Waals surface area contributed by atoms with Gasteiger partial charge in [-0.1, -0.05) is 19.3 Å². The van der Waals surface area contributed by atoms with E-state index in [0.717, 1.165) is 0 Å².